The van der Waals surface area contributed by atoms with E-state index in [0.717, 1.165) is 6.54 Å². The number of hydrogen-bond donors (Lipinski definition) is 0. The van der Waals surface area contributed by atoms with Crippen LogP contribution < -0.4 is 0 Å². The zero-order chi connectivity index (χ0) is 7.40. The highest BCUT2D eigenvalue weighted by atomic mass is 15.2. The van der Waals surface area contributed by atoms with Crippen molar-refractivity contribution >= 4 is 6.72 Å². The van der Waals surface area contributed by atoms with Crippen LogP contribution in [0, 0.1) is 0 Å². The number of hydrogen-bond acceptors (Lipinski definition) is 2. The molecule has 11 heavy (non-hydrogen) atoms. The molecule has 0 aromatic heterocycles. The Morgan fingerprint density at radius 2 is 2.36 bits per heavy atom. The van der Waals surface area contributed by atoms with Gasteiger partial charge in [-0.3, -0.25) is 9.89 Å². The molecule has 2 heteroatoms. The molecule has 0 saturated carbocycles. The van der Waals surface area contributed by atoms with Crippen LogP contribution in [0.1, 0.15) is 27.2 Å². The van der Waals surface area contributed by atoms with Crippen LogP contribution in [0.25, 0.3) is 0 Å². The lowest BCUT2D eigenvalue weighted by Gasteiger charge is -2.20. The van der Waals surface area contributed by atoms with E-state index in [2.05, 4.69) is 23.5 Å². The number of nitrogens with zero attached hydrogens (tertiary/aromatic N) is 2. The molecular formula is C9H20N2. The predicted octanol–water partition coefficient (Wildman–Crippen LogP) is 1.81. The standard InChI is InChI=1S/C8H16N2.CH4/c1-3-10-6-4-5-8(10)7-9-2;/h8H,2-7H2,1H3;1H4. The molecule has 0 bridgehead atoms. The molecule has 1 fully saturated rings. The third-order valence-electron chi connectivity index (χ3n) is 2.25. The van der Waals surface area contributed by atoms with E-state index in [-0.39, 0.29) is 7.43 Å². The Labute approximate surface area is 70.3 Å². The first kappa shape index (κ1) is 10.6. The molecule has 0 radical (unpaired) electrons. The van der Waals surface area contributed by atoms with Crippen molar-refractivity contribution in [3.05, 3.63) is 0 Å². The molecular weight excluding hydrogens is 136 g/mol. The lowest BCUT2D eigenvalue weighted by atomic mass is 10.2. The molecule has 0 aromatic rings. The van der Waals surface area contributed by atoms with Gasteiger partial charge in [0.05, 0.1) is 6.54 Å². The summed E-state index contributed by atoms with van der Waals surface area (Å²) in [4.78, 5) is 6.41. The van der Waals surface area contributed by atoms with Crippen molar-refractivity contribution in [1.82, 2.24) is 4.90 Å². The minimum atomic E-state index is 0. The smallest absolute Gasteiger partial charge is 0.0538 e. The molecule has 1 aliphatic rings. The molecule has 0 aromatic carbocycles. The summed E-state index contributed by atoms with van der Waals surface area (Å²) >= 11 is 0. The lowest BCUT2D eigenvalue weighted by Crippen LogP contribution is -2.31. The third-order valence-corrected chi connectivity index (χ3v) is 2.25. The van der Waals surface area contributed by atoms with Gasteiger partial charge in [-0.1, -0.05) is 14.4 Å². The van der Waals surface area contributed by atoms with Crippen molar-refractivity contribution in [2.24, 2.45) is 4.99 Å². The zero-order valence-corrected chi connectivity index (χ0v) is 6.71. The maximum absolute atomic E-state index is 3.92. The highest BCUT2D eigenvalue weighted by Crippen LogP contribution is 2.16. The normalized spacial score (nSPS) is 24.6. The Bertz CT molecular complexity index is 112. The summed E-state index contributed by atoms with van der Waals surface area (Å²) in [6.07, 6.45) is 2.65. The van der Waals surface area contributed by atoms with Gasteiger partial charge in [0.25, 0.3) is 0 Å². The van der Waals surface area contributed by atoms with Crippen molar-refractivity contribution in [2.75, 3.05) is 19.6 Å². The molecule has 0 spiro atoms. The molecule has 2 nitrogen and oxygen atoms in total. The van der Waals surface area contributed by atoms with Gasteiger partial charge in [0.1, 0.15) is 0 Å². The summed E-state index contributed by atoms with van der Waals surface area (Å²) in [7, 11) is 0. The first-order valence-corrected chi connectivity index (χ1v) is 4.05. The Balaban J connectivity index is 0.000001000. The fourth-order valence-electron chi connectivity index (χ4n) is 1.67. The monoisotopic (exact) mass is 156 g/mol. The van der Waals surface area contributed by atoms with E-state index in [1.54, 1.807) is 0 Å². The van der Waals surface area contributed by atoms with Gasteiger partial charge in [-0.15, -0.1) is 0 Å². The van der Waals surface area contributed by atoms with Gasteiger partial charge < -0.3 is 0 Å². The van der Waals surface area contributed by atoms with Gasteiger partial charge in [0.2, 0.25) is 0 Å². The van der Waals surface area contributed by atoms with Crippen molar-refractivity contribution in [2.45, 2.75) is 33.2 Å². The topological polar surface area (TPSA) is 15.6 Å². The Kier molecular flexibility index (Phi) is 5.12. The summed E-state index contributed by atoms with van der Waals surface area (Å²) in [5.41, 5.74) is 0. The van der Waals surface area contributed by atoms with Crippen LogP contribution >= 0.6 is 0 Å². The van der Waals surface area contributed by atoms with Crippen LogP contribution in [0.3, 0.4) is 0 Å². The maximum Gasteiger partial charge on any atom is 0.0538 e. The van der Waals surface area contributed by atoms with E-state index >= 15 is 0 Å². The minimum Gasteiger partial charge on any atom is -0.299 e. The molecule has 1 rings (SSSR count). The molecule has 1 atom stereocenters. The van der Waals surface area contributed by atoms with Crippen molar-refractivity contribution in [3.63, 3.8) is 0 Å². The third kappa shape index (κ3) is 2.62. The second-order valence-corrected chi connectivity index (χ2v) is 2.83. The summed E-state index contributed by atoms with van der Waals surface area (Å²) in [6.45, 7) is 9.08. The minimum absolute atomic E-state index is 0. The van der Waals surface area contributed by atoms with E-state index in [9.17, 15) is 0 Å². The number of likely N-dealkylation sites (N-methyl/N-ethyl adjacent to an activating group) is 1. The Morgan fingerprint density at radius 3 is 2.91 bits per heavy atom. The highest BCUT2D eigenvalue weighted by Gasteiger charge is 2.21. The lowest BCUT2D eigenvalue weighted by molar-refractivity contribution is 0.273. The van der Waals surface area contributed by atoms with Gasteiger partial charge in [-0.2, -0.15) is 0 Å². The molecule has 0 amide bonds. The van der Waals surface area contributed by atoms with E-state index in [0.29, 0.717) is 6.04 Å². The van der Waals surface area contributed by atoms with Gasteiger partial charge in [-0.05, 0) is 32.6 Å². The fourth-order valence-corrected chi connectivity index (χ4v) is 1.67. The number of rotatable bonds is 3. The Hall–Kier alpha value is -0.370. The van der Waals surface area contributed by atoms with Crippen LogP contribution in [0.5, 0.6) is 0 Å². The molecule has 1 aliphatic heterocycles. The largest absolute Gasteiger partial charge is 0.299 e. The first-order chi connectivity index (χ1) is 4.88. The average molecular weight is 156 g/mol. The van der Waals surface area contributed by atoms with Crippen LogP contribution in [-0.4, -0.2) is 37.3 Å². The SMILES string of the molecule is C.C=NCC1CCCN1CC. The van der Waals surface area contributed by atoms with Crippen LogP contribution in [0.4, 0.5) is 0 Å². The van der Waals surface area contributed by atoms with Crippen LogP contribution in [0.15, 0.2) is 4.99 Å². The summed E-state index contributed by atoms with van der Waals surface area (Å²) in [5.74, 6) is 0. The van der Waals surface area contributed by atoms with Crippen LogP contribution in [0.2, 0.25) is 0 Å². The second-order valence-electron chi connectivity index (χ2n) is 2.83. The molecule has 1 saturated heterocycles. The Morgan fingerprint density at radius 1 is 1.64 bits per heavy atom. The van der Waals surface area contributed by atoms with E-state index in [1.807, 2.05) is 0 Å². The summed E-state index contributed by atoms with van der Waals surface area (Å²) in [6, 6.07) is 0.697. The number of likely N-dealkylation sites (tertiary alicyclic amines) is 1. The second kappa shape index (κ2) is 5.30. The van der Waals surface area contributed by atoms with E-state index in [1.165, 1.54) is 25.9 Å². The van der Waals surface area contributed by atoms with Crippen molar-refractivity contribution < 1.29 is 0 Å². The molecule has 1 unspecified atom stereocenters. The van der Waals surface area contributed by atoms with Gasteiger partial charge in [-0.25, -0.2) is 0 Å². The van der Waals surface area contributed by atoms with Crippen molar-refractivity contribution in [3.8, 4) is 0 Å². The zero-order valence-electron chi connectivity index (χ0n) is 6.71. The fraction of sp³-hybridized carbons (Fsp3) is 0.889. The van der Waals surface area contributed by atoms with Gasteiger partial charge in [0.15, 0.2) is 0 Å². The quantitative estimate of drug-likeness (QED) is 0.569. The predicted molar refractivity (Wildman–Crippen MR) is 51.4 cm³/mol. The molecule has 66 valence electrons. The van der Waals surface area contributed by atoms with E-state index in [4.69, 9.17) is 0 Å². The summed E-state index contributed by atoms with van der Waals surface area (Å²) in [5, 5.41) is 0. The molecule has 0 aliphatic carbocycles. The van der Waals surface area contributed by atoms with Gasteiger partial charge in [0, 0.05) is 6.04 Å². The van der Waals surface area contributed by atoms with E-state index < -0.39 is 0 Å². The average Bonchev–Trinajstić information content (AvgIpc) is 2.36. The van der Waals surface area contributed by atoms with Crippen molar-refractivity contribution in [1.29, 1.82) is 0 Å². The maximum atomic E-state index is 3.92. The molecule has 0 N–H and O–H groups in total. The first-order valence-electron chi connectivity index (χ1n) is 4.05. The molecule has 1 heterocycles. The highest BCUT2D eigenvalue weighted by molar-refractivity contribution is 5.23. The van der Waals surface area contributed by atoms with Crippen LogP contribution in [-0.2, 0) is 0 Å². The number of aliphatic imine (C=N–C) groups is 1. The summed E-state index contributed by atoms with van der Waals surface area (Å²) < 4.78 is 0. The van der Waals surface area contributed by atoms with Gasteiger partial charge >= 0.3 is 0 Å².